The van der Waals surface area contributed by atoms with Crippen LogP contribution < -0.4 is 5.32 Å². The number of benzene rings is 1. The number of amides is 1. The van der Waals surface area contributed by atoms with E-state index in [-0.39, 0.29) is 12.3 Å². The minimum atomic E-state index is -0.0968. The molecule has 0 aliphatic heterocycles. The standard InChI is InChI=1S/C22H22N4O2/c1-13-7-8-17(20-12-26-9-5-6-14(2)22(26)24-20)10-19(13)23-21(27)11-18-15(3)25-28-16(18)4/h5-10,12H,11H2,1-4H3,(H,23,27). The maximum atomic E-state index is 12.6. The number of carbonyl (C=O) groups is 1. The fourth-order valence-corrected chi connectivity index (χ4v) is 3.32. The van der Waals surface area contributed by atoms with Gasteiger partial charge in [-0.3, -0.25) is 4.79 Å². The lowest BCUT2D eigenvalue weighted by atomic mass is 10.1. The zero-order valence-electron chi connectivity index (χ0n) is 16.4. The van der Waals surface area contributed by atoms with E-state index in [1.54, 1.807) is 0 Å². The van der Waals surface area contributed by atoms with Crippen molar-refractivity contribution >= 4 is 17.2 Å². The Morgan fingerprint density at radius 3 is 2.68 bits per heavy atom. The predicted molar refractivity (Wildman–Crippen MR) is 108 cm³/mol. The van der Waals surface area contributed by atoms with Crippen LogP contribution >= 0.6 is 0 Å². The monoisotopic (exact) mass is 374 g/mol. The van der Waals surface area contributed by atoms with E-state index in [4.69, 9.17) is 9.51 Å². The van der Waals surface area contributed by atoms with Gasteiger partial charge < -0.3 is 14.2 Å². The lowest BCUT2D eigenvalue weighted by Gasteiger charge is -2.10. The Morgan fingerprint density at radius 1 is 1.14 bits per heavy atom. The van der Waals surface area contributed by atoms with Crippen LogP contribution in [0.4, 0.5) is 5.69 Å². The number of nitrogens with one attached hydrogen (secondary N) is 1. The van der Waals surface area contributed by atoms with Gasteiger partial charge in [0.05, 0.1) is 17.8 Å². The largest absolute Gasteiger partial charge is 0.361 e. The highest BCUT2D eigenvalue weighted by molar-refractivity contribution is 5.94. The first-order valence-electron chi connectivity index (χ1n) is 9.19. The number of hydrogen-bond donors (Lipinski definition) is 1. The van der Waals surface area contributed by atoms with Crippen molar-refractivity contribution in [1.82, 2.24) is 14.5 Å². The fourth-order valence-electron chi connectivity index (χ4n) is 3.32. The number of pyridine rings is 1. The summed E-state index contributed by atoms with van der Waals surface area (Å²) in [7, 11) is 0. The second-order valence-corrected chi connectivity index (χ2v) is 7.11. The Bertz CT molecular complexity index is 1170. The molecule has 0 saturated heterocycles. The van der Waals surface area contributed by atoms with E-state index < -0.39 is 0 Å². The van der Waals surface area contributed by atoms with E-state index >= 15 is 0 Å². The van der Waals surface area contributed by atoms with Crippen molar-refractivity contribution in [2.45, 2.75) is 34.1 Å². The molecule has 142 valence electrons. The maximum absolute atomic E-state index is 12.6. The molecule has 4 aromatic rings. The van der Waals surface area contributed by atoms with Crippen LogP contribution in [0.2, 0.25) is 0 Å². The summed E-state index contributed by atoms with van der Waals surface area (Å²) in [4.78, 5) is 17.3. The lowest BCUT2D eigenvalue weighted by Crippen LogP contribution is -2.16. The van der Waals surface area contributed by atoms with Gasteiger partial charge in [0.15, 0.2) is 0 Å². The lowest BCUT2D eigenvalue weighted by molar-refractivity contribution is -0.115. The van der Waals surface area contributed by atoms with Crippen LogP contribution in [0.1, 0.15) is 28.1 Å². The van der Waals surface area contributed by atoms with Crippen LogP contribution in [0.15, 0.2) is 47.2 Å². The average molecular weight is 374 g/mol. The molecule has 0 aliphatic rings. The second-order valence-electron chi connectivity index (χ2n) is 7.11. The van der Waals surface area contributed by atoms with Crippen molar-refractivity contribution < 1.29 is 9.32 Å². The molecule has 0 aliphatic carbocycles. The van der Waals surface area contributed by atoms with Crippen LogP contribution in [-0.2, 0) is 11.2 Å². The Labute approximate surface area is 163 Å². The second kappa shape index (κ2) is 6.96. The number of imidazole rings is 1. The van der Waals surface area contributed by atoms with Gasteiger partial charge in [0, 0.05) is 29.2 Å². The van der Waals surface area contributed by atoms with Crippen LogP contribution in [0.3, 0.4) is 0 Å². The normalized spacial score (nSPS) is 11.1. The molecule has 3 heterocycles. The van der Waals surface area contributed by atoms with Gasteiger partial charge in [-0.15, -0.1) is 0 Å². The van der Waals surface area contributed by atoms with Gasteiger partial charge in [0.25, 0.3) is 0 Å². The first-order valence-corrected chi connectivity index (χ1v) is 9.19. The average Bonchev–Trinajstić information content (AvgIpc) is 3.23. The summed E-state index contributed by atoms with van der Waals surface area (Å²) in [5.74, 6) is 0.582. The minimum Gasteiger partial charge on any atom is -0.361 e. The topological polar surface area (TPSA) is 72.4 Å². The van der Waals surface area contributed by atoms with E-state index in [0.29, 0.717) is 5.76 Å². The molecular weight excluding hydrogens is 352 g/mol. The fraction of sp³-hybridized carbons (Fsp3) is 0.227. The smallest absolute Gasteiger partial charge is 0.229 e. The minimum absolute atomic E-state index is 0.0968. The van der Waals surface area contributed by atoms with Gasteiger partial charge in [-0.1, -0.05) is 23.4 Å². The van der Waals surface area contributed by atoms with Crippen molar-refractivity contribution in [1.29, 1.82) is 0 Å². The molecule has 3 aromatic heterocycles. The van der Waals surface area contributed by atoms with Crippen molar-refractivity contribution in [3.8, 4) is 11.3 Å². The van der Waals surface area contributed by atoms with Gasteiger partial charge in [-0.05, 0) is 51.0 Å². The molecule has 1 aromatic carbocycles. The summed E-state index contributed by atoms with van der Waals surface area (Å²) < 4.78 is 7.16. The Hall–Kier alpha value is -3.41. The highest BCUT2D eigenvalue weighted by atomic mass is 16.5. The number of carbonyl (C=O) groups excluding carboxylic acids is 1. The third-order valence-corrected chi connectivity index (χ3v) is 5.00. The number of hydrogen-bond acceptors (Lipinski definition) is 4. The van der Waals surface area contributed by atoms with Crippen LogP contribution in [0, 0.1) is 27.7 Å². The summed E-state index contributed by atoms with van der Waals surface area (Å²) in [6.07, 6.45) is 4.22. The Kier molecular flexibility index (Phi) is 4.47. The molecule has 1 N–H and O–H groups in total. The quantitative estimate of drug-likeness (QED) is 0.574. The molecule has 0 saturated carbocycles. The molecule has 0 atom stereocenters. The molecule has 0 fully saturated rings. The third kappa shape index (κ3) is 3.29. The number of rotatable bonds is 4. The highest BCUT2D eigenvalue weighted by Gasteiger charge is 2.15. The van der Waals surface area contributed by atoms with E-state index in [0.717, 1.165) is 45.0 Å². The zero-order valence-corrected chi connectivity index (χ0v) is 16.4. The number of aryl methyl sites for hydroxylation is 4. The summed E-state index contributed by atoms with van der Waals surface area (Å²) in [6, 6.07) is 10.0. The van der Waals surface area contributed by atoms with E-state index in [1.165, 1.54) is 0 Å². The molecule has 0 radical (unpaired) electrons. The summed E-state index contributed by atoms with van der Waals surface area (Å²) >= 11 is 0. The summed E-state index contributed by atoms with van der Waals surface area (Å²) in [5, 5.41) is 6.93. The van der Waals surface area contributed by atoms with Gasteiger partial charge in [0.2, 0.25) is 5.91 Å². The van der Waals surface area contributed by atoms with Gasteiger partial charge in [0.1, 0.15) is 11.4 Å². The predicted octanol–water partition coefficient (Wildman–Crippen LogP) is 4.40. The number of fused-ring (bicyclic) bond motifs is 1. The zero-order chi connectivity index (χ0) is 19.8. The molecular formula is C22H22N4O2. The summed E-state index contributed by atoms with van der Waals surface area (Å²) in [5.41, 5.74) is 7.24. The van der Waals surface area contributed by atoms with E-state index in [9.17, 15) is 4.79 Å². The van der Waals surface area contributed by atoms with Crippen LogP contribution in [-0.4, -0.2) is 20.4 Å². The van der Waals surface area contributed by atoms with Gasteiger partial charge >= 0.3 is 0 Å². The van der Waals surface area contributed by atoms with Crippen molar-refractivity contribution in [2.75, 3.05) is 5.32 Å². The first kappa shape index (κ1) is 18.0. The molecule has 0 bridgehead atoms. The third-order valence-electron chi connectivity index (χ3n) is 5.00. The van der Waals surface area contributed by atoms with Gasteiger partial charge in [-0.25, -0.2) is 4.98 Å². The van der Waals surface area contributed by atoms with Crippen molar-refractivity contribution in [2.24, 2.45) is 0 Å². The van der Waals surface area contributed by atoms with E-state index in [2.05, 4.69) is 10.5 Å². The molecule has 4 rings (SSSR count). The van der Waals surface area contributed by atoms with E-state index in [1.807, 2.05) is 74.8 Å². The van der Waals surface area contributed by atoms with Crippen LogP contribution in [0.5, 0.6) is 0 Å². The Balaban J connectivity index is 1.61. The summed E-state index contributed by atoms with van der Waals surface area (Å²) in [6.45, 7) is 7.68. The molecule has 0 spiro atoms. The molecule has 1 amide bonds. The Morgan fingerprint density at radius 2 is 1.96 bits per heavy atom. The van der Waals surface area contributed by atoms with Crippen molar-refractivity contribution in [3.05, 3.63) is 70.9 Å². The number of nitrogens with zero attached hydrogens (tertiary/aromatic N) is 3. The molecule has 0 unspecified atom stereocenters. The molecule has 6 nitrogen and oxygen atoms in total. The van der Waals surface area contributed by atoms with Crippen LogP contribution in [0.25, 0.3) is 16.9 Å². The SMILES string of the molecule is Cc1ccc(-c2cn3cccc(C)c3n2)cc1NC(=O)Cc1c(C)noc1C. The molecule has 28 heavy (non-hydrogen) atoms. The maximum Gasteiger partial charge on any atom is 0.229 e. The van der Waals surface area contributed by atoms with Gasteiger partial charge in [-0.2, -0.15) is 0 Å². The highest BCUT2D eigenvalue weighted by Crippen LogP contribution is 2.26. The van der Waals surface area contributed by atoms with Crippen molar-refractivity contribution in [3.63, 3.8) is 0 Å². The number of aromatic nitrogens is 3. The molecule has 6 heteroatoms. The number of anilines is 1. The first-order chi connectivity index (χ1) is 13.4.